The van der Waals surface area contributed by atoms with Crippen molar-refractivity contribution in [1.82, 2.24) is 4.72 Å². The van der Waals surface area contributed by atoms with Gasteiger partial charge in [-0.3, -0.25) is 9.59 Å². The highest BCUT2D eigenvalue weighted by molar-refractivity contribution is 7.91. The van der Waals surface area contributed by atoms with E-state index in [1.165, 1.54) is 38.1 Å². The first-order chi connectivity index (χ1) is 12.9. The minimum Gasteiger partial charge on any atom is -0.468 e. The summed E-state index contributed by atoms with van der Waals surface area (Å²) in [4.78, 5) is 24.7. The Morgan fingerprint density at radius 3 is 2.39 bits per heavy atom. The maximum Gasteiger partial charge on any atom is 0.326 e. The van der Waals surface area contributed by atoms with E-state index in [0.29, 0.717) is 16.1 Å². The molecule has 0 bridgehead atoms. The number of thiophene rings is 1. The van der Waals surface area contributed by atoms with Crippen molar-refractivity contribution in [1.29, 1.82) is 0 Å². The molecule has 0 aliphatic carbocycles. The van der Waals surface area contributed by atoms with E-state index in [4.69, 9.17) is 0 Å². The number of hydrogen-bond acceptors (Lipinski definition) is 6. The van der Waals surface area contributed by atoms with Gasteiger partial charge in [-0.2, -0.15) is 4.72 Å². The second-order valence-electron chi connectivity index (χ2n) is 6.68. The van der Waals surface area contributed by atoms with Crippen molar-refractivity contribution < 1.29 is 27.1 Å². The van der Waals surface area contributed by atoms with Crippen LogP contribution in [0.2, 0.25) is 0 Å². The van der Waals surface area contributed by atoms with Crippen molar-refractivity contribution in [3.05, 3.63) is 46.1 Å². The van der Waals surface area contributed by atoms with Crippen LogP contribution in [0.15, 0.2) is 28.5 Å². The minimum absolute atomic E-state index is 0.109. The first-order valence-corrected chi connectivity index (χ1v) is 10.5. The molecule has 1 amide bonds. The van der Waals surface area contributed by atoms with Gasteiger partial charge in [0.15, 0.2) is 0 Å². The van der Waals surface area contributed by atoms with Gasteiger partial charge in [0, 0.05) is 10.6 Å². The lowest BCUT2D eigenvalue weighted by molar-refractivity contribution is -0.146. The number of methoxy groups -OCH3 is 1. The lowest BCUT2D eigenvalue weighted by atomic mass is 10.1. The predicted molar refractivity (Wildman–Crippen MR) is 105 cm³/mol. The molecule has 0 radical (unpaired) electrons. The molecule has 0 saturated carbocycles. The smallest absolute Gasteiger partial charge is 0.326 e. The van der Waals surface area contributed by atoms with Crippen LogP contribution in [0.4, 0.5) is 10.1 Å². The van der Waals surface area contributed by atoms with Crippen LogP contribution in [0.3, 0.4) is 0 Å². The van der Waals surface area contributed by atoms with Gasteiger partial charge in [0.05, 0.1) is 12.7 Å². The molecule has 2 N–H and O–H groups in total. The van der Waals surface area contributed by atoms with E-state index >= 15 is 0 Å². The lowest BCUT2D eigenvalue weighted by Crippen LogP contribution is -2.50. The Balaban J connectivity index is 2.27. The van der Waals surface area contributed by atoms with Gasteiger partial charge in [-0.15, -0.1) is 11.3 Å². The second-order valence-corrected chi connectivity index (χ2v) is 9.84. The molecule has 0 spiro atoms. The number of benzene rings is 1. The molecule has 28 heavy (non-hydrogen) atoms. The average molecular weight is 429 g/mol. The van der Waals surface area contributed by atoms with Gasteiger partial charge in [-0.05, 0) is 57.5 Å². The molecule has 0 atom stereocenters. The molecule has 2 rings (SSSR count). The maximum absolute atomic E-state index is 13.4. The molecule has 1 heterocycles. The van der Waals surface area contributed by atoms with E-state index < -0.39 is 33.3 Å². The number of halogens is 1. The molecule has 152 valence electrons. The molecule has 7 nitrogen and oxygen atoms in total. The number of hydrogen-bond donors (Lipinski definition) is 2. The number of carbonyl (C=O) groups is 2. The Hall–Kier alpha value is -2.30. The highest BCUT2D eigenvalue weighted by Crippen LogP contribution is 2.28. The van der Waals surface area contributed by atoms with Gasteiger partial charge in [0.25, 0.3) is 15.9 Å². The maximum atomic E-state index is 13.4. The third-order valence-corrected chi connectivity index (χ3v) is 7.09. The summed E-state index contributed by atoms with van der Waals surface area (Å²) in [6, 6.07) is 5.37. The second kappa shape index (κ2) is 7.98. The average Bonchev–Trinajstić information content (AvgIpc) is 2.99. The van der Waals surface area contributed by atoms with Crippen molar-refractivity contribution in [3.8, 4) is 0 Å². The van der Waals surface area contributed by atoms with Crippen molar-refractivity contribution in [2.24, 2.45) is 0 Å². The molecule has 2 aromatic rings. The van der Waals surface area contributed by atoms with E-state index in [9.17, 15) is 22.4 Å². The van der Waals surface area contributed by atoms with Crippen LogP contribution < -0.4 is 10.0 Å². The minimum atomic E-state index is -4.06. The summed E-state index contributed by atoms with van der Waals surface area (Å²) in [6.45, 7) is 5.93. The molecule has 0 aliphatic heterocycles. The van der Waals surface area contributed by atoms with Gasteiger partial charge in [0.2, 0.25) is 0 Å². The molecule has 1 aromatic carbocycles. The van der Waals surface area contributed by atoms with Crippen molar-refractivity contribution in [2.75, 3.05) is 12.4 Å². The van der Waals surface area contributed by atoms with Crippen molar-refractivity contribution >= 4 is 38.9 Å². The topological polar surface area (TPSA) is 102 Å². The van der Waals surface area contributed by atoms with Crippen LogP contribution in [0.5, 0.6) is 0 Å². The molecular formula is C18H21FN2O5S2. The number of aryl methyl sites for hydroxylation is 2. The molecule has 10 heteroatoms. The summed E-state index contributed by atoms with van der Waals surface area (Å²) in [6.07, 6.45) is 0. The predicted octanol–water partition coefficient (Wildman–Crippen LogP) is 2.99. The third-order valence-electron chi connectivity index (χ3n) is 3.91. The normalized spacial score (nSPS) is 11.9. The van der Waals surface area contributed by atoms with Crippen LogP contribution in [-0.4, -0.2) is 32.9 Å². The summed E-state index contributed by atoms with van der Waals surface area (Å²) < 4.78 is 45.4. The molecule has 1 aromatic heterocycles. The van der Waals surface area contributed by atoms with Gasteiger partial charge >= 0.3 is 5.97 Å². The first kappa shape index (κ1) is 22.0. The fourth-order valence-electron chi connectivity index (χ4n) is 2.42. The fraction of sp³-hybridized carbons (Fsp3) is 0.333. The fourth-order valence-corrected chi connectivity index (χ4v) is 5.22. The Morgan fingerprint density at radius 1 is 1.18 bits per heavy atom. The van der Waals surface area contributed by atoms with E-state index in [1.807, 2.05) is 0 Å². The Kier molecular flexibility index (Phi) is 6.27. The van der Waals surface area contributed by atoms with Crippen LogP contribution in [0, 0.1) is 19.7 Å². The van der Waals surface area contributed by atoms with Gasteiger partial charge < -0.3 is 10.1 Å². The SMILES string of the molecule is COC(=O)C(C)(C)NS(=O)(=O)c1cc(C(=O)Nc2ccc(F)c(C)c2)c(C)s1. The highest BCUT2D eigenvalue weighted by Gasteiger charge is 2.35. The zero-order valence-electron chi connectivity index (χ0n) is 16.0. The number of anilines is 1. The van der Waals surface area contributed by atoms with Crippen LogP contribution in [-0.2, 0) is 19.6 Å². The molecule has 0 aliphatic rings. The standard InChI is InChI=1S/C18H21FN2O5S2/c1-10-8-12(6-7-14(10)19)20-16(22)13-9-15(27-11(13)2)28(24,25)21-18(3,4)17(23)26-5/h6-9,21H,1-5H3,(H,20,22). The van der Waals surface area contributed by atoms with Crippen LogP contribution >= 0.6 is 11.3 Å². The lowest BCUT2D eigenvalue weighted by Gasteiger charge is -2.22. The Bertz CT molecular complexity index is 1030. The largest absolute Gasteiger partial charge is 0.468 e. The molecule has 0 unspecified atom stereocenters. The van der Waals surface area contributed by atoms with E-state index in [2.05, 4.69) is 14.8 Å². The highest BCUT2D eigenvalue weighted by atomic mass is 32.2. The zero-order valence-corrected chi connectivity index (χ0v) is 17.7. The number of carbonyl (C=O) groups excluding carboxylic acids is 2. The number of sulfonamides is 1. The molecular weight excluding hydrogens is 407 g/mol. The van der Waals surface area contributed by atoms with Gasteiger partial charge in [0.1, 0.15) is 15.6 Å². The summed E-state index contributed by atoms with van der Waals surface area (Å²) in [5.74, 6) is -1.65. The van der Waals surface area contributed by atoms with E-state index in [-0.39, 0.29) is 9.77 Å². The first-order valence-electron chi connectivity index (χ1n) is 8.17. The number of esters is 1. The number of amides is 1. The quantitative estimate of drug-likeness (QED) is 0.689. The Morgan fingerprint density at radius 2 is 1.82 bits per heavy atom. The Labute approximate surface area is 167 Å². The van der Waals surface area contributed by atoms with Crippen LogP contribution in [0.1, 0.15) is 34.6 Å². The van der Waals surface area contributed by atoms with E-state index in [0.717, 1.165) is 18.4 Å². The number of nitrogens with one attached hydrogen (secondary N) is 2. The summed E-state index contributed by atoms with van der Waals surface area (Å²) in [5.41, 5.74) is -0.538. The summed E-state index contributed by atoms with van der Waals surface area (Å²) >= 11 is 0.902. The monoisotopic (exact) mass is 428 g/mol. The van der Waals surface area contributed by atoms with Gasteiger partial charge in [-0.25, -0.2) is 12.8 Å². The summed E-state index contributed by atoms with van der Waals surface area (Å²) in [7, 11) is -2.90. The summed E-state index contributed by atoms with van der Waals surface area (Å²) in [5, 5.41) is 2.62. The number of ether oxygens (including phenoxy) is 1. The van der Waals surface area contributed by atoms with Crippen molar-refractivity contribution in [3.63, 3.8) is 0 Å². The van der Waals surface area contributed by atoms with E-state index in [1.54, 1.807) is 13.8 Å². The zero-order chi connectivity index (χ0) is 21.3. The number of rotatable bonds is 6. The molecule has 0 fully saturated rings. The van der Waals surface area contributed by atoms with Crippen molar-refractivity contribution in [2.45, 2.75) is 37.4 Å². The van der Waals surface area contributed by atoms with Gasteiger partial charge in [-0.1, -0.05) is 0 Å². The van der Waals surface area contributed by atoms with Crippen LogP contribution in [0.25, 0.3) is 0 Å². The third kappa shape index (κ3) is 4.75. The molecule has 0 saturated heterocycles.